The van der Waals surface area contributed by atoms with Crippen LogP contribution in [0, 0.1) is 6.92 Å². The Bertz CT molecular complexity index is 599. The van der Waals surface area contributed by atoms with E-state index in [2.05, 4.69) is 20.0 Å². The molecule has 0 unspecified atom stereocenters. The fraction of sp³-hybridized carbons (Fsp3) is 0.286. The number of anilines is 1. The van der Waals surface area contributed by atoms with Crippen molar-refractivity contribution in [1.82, 2.24) is 9.97 Å². The number of nitrogens with zero attached hydrogens (tertiary/aromatic N) is 2. The molecule has 21 heavy (non-hydrogen) atoms. The lowest BCUT2D eigenvalue weighted by atomic mass is 10.1. The van der Waals surface area contributed by atoms with Crippen LogP contribution in [0.15, 0.2) is 36.7 Å². The summed E-state index contributed by atoms with van der Waals surface area (Å²) < 4.78 is 40.1. The Balaban J connectivity index is 2.04. The third-order valence-electron chi connectivity index (χ3n) is 2.73. The van der Waals surface area contributed by atoms with Crippen LogP contribution >= 0.6 is 0 Å². The van der Waals surface area contributed by atoms with E-state index in [4.69, 9.17) is 0 Å². The quantitative estimate of drug-likeness (QED) is 0.931. The van der Waals surface area contributed by atoms with E-state index < -0.39 is 6.36 Å². The Hall–Kier alpha value is -2.31. The predicted molar refractivity (Wildman–Crippen MR) is 71.9 cm³/mol. The minimum Gasteiger partial charge on any atom is -0.406 e. The number of hydrogen-bond donors (Lipinski definition) is 1. The van der Waals surface area contributed by atoms with Gasteiger partial charge < -0.3 is 10.1 Å². The third-order valence-corrected chi connectivity index (χ3v) is 2.73. The average Bonchev–Trinajstić information content (AvgIpc) is 2.37. The number of benzene rings is 1. The van der Waals surface area contributed by atoms with Gasteiger partial charge in [-0.1, -0.05) is 12.1 Å². The van der Waals surface area contributed by atoms with Gasteiger partial charge in [-0.05, 0) is 31.5 Å². The van der Waals surface area contributed by atoms with Gasteiger partial charge in [-0.2, -0.15) is 0 Å². The van der Waals surface area contributed by atoms with E-state index in [1.54, 1.807) is 24.5 Å². The van der Waals surface area contributed by atoms with Crippen molar-refractivity contribution in [2.75, 3.05) is 5.32 Å². The fourth-order valence-corrected chi connectivity index (χ4v) is 1.80. The van der Waals surface area contributed by atoms with E-state index in [0.717, 1.165) is 11.3 Å². The second kappa shape index (κ2) is 5.99. The van der Waals surface area contributed by atoms with E-state index in [1.165, 1.54) is 12.1 Å². The molecule has 7 heteroatoms. The zero-order chi connectivity index (χ0) is 15.5. The second-order valence-corrected chi connectivity index (χ2v) is 4.53. The Labute approximate surface area is 120 Å². The lowest BCUT2D eigenvalue weighted by Gasteiger charge is -2.16. The van der Waals surface area contributed by atoms with Crippen LogP contribution in [-0.4, -0.2) is 16.3 Å². The molecule has 2 aromatic rings. The van der Waals surface area contributed by atoms with Crippen LogP contribution < -0.4 is 10.1 Å². The molecule has 0 saturated carbocycles. The number of aromatic nitrogens is 2. The largest absolute Gasteiger partial charge is 0.573 e. The van der Waals surface area contributed by atoms with Crippen LogP contribution in [0.5, 0.6) is 5.75 Å². The maximum atomic E-state index is 12.1. The number of ether oxygens (including phenoxy) is 1. The zero-order valence-corrected chi connectivity index (χ0v) is 11.5. The molecule has 0 bridgehead atoms. The summed E-state index contributed by atoms with van der Waals surface area (Å²) in [5.74, 6) is 0.368. The Morgan fingerprint density at radius 1 is 1.14 bits per heavy atom. The van der Waals surface area contributed by atoms with Gasteiger partial charge in [0, 0.05) is 12.2 Å². The molecule has 2 rings (SSSR count). The molecule has 1 heterocycles. The van der Waals surface area contributed by atoms with E-state index in [1.807, 2.05) is 13.8 Å². The van der Waals surface area contributed by atoms with E-state index in [-0.39, 0.29) is 11.8 Å². The minimum atomic E-state index is -4.68. The van der Waals surface area contributed by atoms with Gasteiger partial charge in [0.15, 0.2) is 0 Å². The van der Waals surface area contributed by atoms with Crippen molar-refractivity contribution in [3.63, 3.8) is 0 Å². The van der Waals surface area contributed by atoms with Crippen molar-refractivity contribution in [3.05, 3.63) is 47.9 Å². The Kier molecular flexibility index (Phi) is 4.30. The van der Waals surface area contributed by atoms with Crippen LogP contribution in [0.1, 0.15) is 24.2 Å². The minimum absolute atomic E-state index is 0.124. The Morgan fingerprint density at radius 3 is 2.38 bits per heavy atom. The molecule has 0 amide bonds. The normalized spacial score (nSPS) is 12.8. The molecule has 0 aliphatic heterocycles. The molecular formula is C14H14F3N3O. The van der Waals surface area contributed by atoms with Crippen molar-refractivity contribution in [3.8, 4) is 5.75 Å². The molecule has 4 nitrogen and oxygen atoms in total. The summed E-state index contributed by atoms with van der Waals surface area (Å²) in [5.41, 5.74) is 1.59. The summed E-state index contributed by atoms with van der Waals surface area (Å²) in [4.78, 5) is 8.27. The first-order valence-corrected chi connectivity index (χ1v) is 6.24. The highest BCUT2D eigenvalue weighted by atomic mass is 19.4. The molecule has 0 saturated heterocycles. The molecule has 1 N–H and O–H groups in total. The second-order valence-electron chi connectivity index (χ2n) is 4.53. The van der Waals surface area contributed by atoms with Crippen LogP contribution in [0.2, 0.25) is 0 Å². The molecule has 0 spiro atoms. The third kappa shape index (κ3) is 4.62. The first kappa shape index (κ1) is 15.1. The Morgan fingerprint density at radius 2 is 1.81 bits per heavy atom. The van der Waals surface area contributed by atoms with E-state index in [9.17, 15) is 13.2 Å². The molecule has 0 fully saturated rings. The van der Waals surface area contributed by atoms with Gasteiger partial charge in [0.05, 0.1) is 11.9 Å². The molecule has 0 aliphatic carbocycles. The van der Waals surface area contributed by atoms with Gasteiger partial charge in [-0.15, -0.1) is 13.2 Å². The van der Waals surface area contributed by atoms with E-state index in [0.29, 0.717) is 5.82 Å². The molecule has 1 aromatic carbocycles. The van der Waals surface area contributed by atoms with Gasteiger partial charge in [0.25, 0.3) is 0 Å². The SMILES string of the molecule is Cc1cncc(N[C@@H](C)c2ccc(OC(F)(F)F)cc2)n1. The zero-order valence-electron chi connectivity index (χ0n) is 11.5. The predicted octanol–water partition coefficient (Wildman–Crippen LogP) is 3.86. The lowest BCUT2D eigenvalue weighted by molar-refractivity contribution is -0.274. The summed E-state index contributed by atoms with van der Waals surface area (Å²) in [6.07, 6.45) is -1.45. The number of rotatable bonds is 4. The maximum Gasteiger partial charge on any atom is 0.573 e. The van der Waals surface area contributed by atoms with Crippen molar-refractivity contribution in [2.45, 2.75) is 26.3 Å². The lowest BCUT2D eigenvalue weighted by Crippen LogP contribution is -2.17. The van der Waals surface area contributed by atoms with Crippen LogP contribution in [0.4, 0.5) is 19.0 Å². The van der Waals surface area contributed by atoms with Crippen molar-refractivity contribution in [1.29, 1.82) is 0 Å². The number of halogens is 3. The molecule has 112 valence electrons. The topological polar surface area (TPSA) is 47.0 Å². The summed E-state index contributed by atoms with van der Waals surface area (Å²) in [5, 5.41) is 3.13. The standard InChI is InChI=1S/C14H14F3N3O/c1-9-7-18-8-13(19-9)20-10(2)11-3-5-12(6-4-11)21-14(15,16)17/h3-8,10H,1-2H3,(H,19,20)/t10-/m0/s1. The van der Waals surface area contributed by atoms with Crippen LogP contribution in [0.3, 0.4) is 0 Å². The highest BCUT2D eigenvalue weighted by molar-refractivity contribution is 5.38. The number of nitrogens with one attached hydrogen (secondary N) is 1. The first-order chi connectivity index (χ1) is 9.83. The number of aryl methyl sites for hydroxylation is 1. The summed E-state index contributed by atoms with van der Waals surface area (Å²) >= 11 is 0. The van der Waals surface area contributed by atoms with Gasteiger partial charge in [0.2, 0.25) is 0 Å². The molecule has 0 radical (unpaired) electrons. The van der Waals surface area contributed by atoms with E-state index >= 15 is 0 Å². The van der Waals surface area contributed by atoms with Gasteiger partial charge in [-0.3, -0.25) is 4.98 Å². The smallest absolute Gasteiger partial charge is 0.406 e. The molecule has 1 aromatic heterocycles. The monoisotopic (exact) mass is 297 g/mol. The number of hydrogen-bond acceptors (Lipinski definition) is 4. The van der Waals surface area contributed by atoms with Crippen molar-refractivity contribution < 1.29 is 17.9 Å². The van der Waals surface area contributed by atoms with Crippen LogP contribution in [0.25, 0.3) is 0 Å². The van der Waals surface area contributed by atoms with Crippen LogP contribution in [-0.2, 0) is 0 Å². The maximum absolute atomic E-state index is 12.1. The first-order valence-electron chi connectivity index (χ1n) is 6.24. The molecule has 1 atom stereocenters. The highest BCUT2D eigenvalue weighted by Crippen LogP contribution is 2.25. The summed E-state index contributed by atoms with van der Waals surface area (Å²) in [6, 6.07) is 5.58. The van der Waals surface area contributed by atoms with Gasteiger partial charge >= 0.3 is 6.36 Å². The van der Waals surface area contributed by atoms with Crippen molar-refractivity contribution >= 4 is 5.82 Å². The van der Waals surface area contributed by atoms with Crippen molar-refractivity contribution in [2.24, 2.45) is 0 Å². The molecule has 0 aliphatic rings. The average molecular weight is 297 g/mol. The van der Waals surface area contributed by atoms with Gasteiger partial charge in [0.1, 0.15) is 11.6 Å². The highest BCUT2D eigenvalue weighted by Gasteiger charge is 2.31. The summed E-state index contributed by atoms with van der Waals surface area (Å²) in [7, 11) is 0. The van der Waals surface area contributed by atoms with Gasteiger partial charge in [-0.25, -0.2) is 4.98 Å². The number of alkyl halides is 3. The molecular weight excluding hydrogens is 283 g/mol. The fourth-order valence-electron chi connectivity index (χ4n) is 1.80. The summed E-state index contributed by atoms with van der Waals surface area (Å²) in [6.45, 7) is 3.70.